The van der Waals surface area contributed by atoms with Crippen LogP contribution in [0.3, 0.4) is 0 Å². The van der Waals surface area contributed by atoms with E-state index in [2.05, 4.69) is 10.1 Å². The second-order valence-corrected chi connectivity index (χ2v) is 4.46. The summed E-state index contributed by atoms with van der Waals surface area (Å²) in [6, 6.07) is 3.73. The molecule has 23 heavy (non-hydrogen) atoms. The topological polar surface area (TPSA) is 38.3 Å². The number of carbonyl (C=O) groups is 1. The third-order valence-corrected chi connectivity index (χ3v) is 2.28. The molecule has 0 atom stereocenters. The first-order chi connectivity index (χ1) is 10.7. The van der Waals surface area contributed by atoms with Gasteiger partial charge in [0.25, 0.3) is 0 Å². The van der Waals surface area contributed by atoms with Gasteiger partial charge in [0, 0.05) is 18.7 Å². The molecule has 1 N–H and O–H groups in total. The zero-order valence-electron chi connectivity index (χ0n) is 15.0. The summed E-state index contributed by atoms with van der Waals surface area (Å²) in [7, 11) is 0. The molecule has 0 heterocycles. The second-order valence-electron chi connectivity index (χ2n) is 4.46. The number of hydrogen-bond donors (Lipinski definition) is 1. The Morgan fingerprint density at radius 2 is 1.70 bits per heavy atom. The van der Waals surface area contributed by atoms with Crippen LogP contribution in [-0.4, -0.2) is 12.0 Å². The van der Waals surface area contributed by atoms with E-state index in [9.17, 15) is 18.0 Å². The summed E-state index contributed by atoms with van der Waals surface area (Å²) in [6.45, 7) is 12.6. The maximum absolute atomic E-state index is 12.9. The molecule has 0 spiro atoms. The summed E-state index contributed by atoms with van der Waals surface area (Å²) in [5, 5.41) is 2.74. The minimum atomic E-state index is -4.45. The van der Waals surface area contributed by atoms with E-state index in [4.69, 9.17) is 0 Å². The predicted octanol–water partition coefficient (Wildman–Crippen LogP) is 5.64. The first-order valence-electron chi connectivity index (χ1n) is 7.80. The van der Waals surface area contributed by atoms with Gasteiger partial charge >= 0.3 is 12.1 Å². The molecule has 1 aromatic rings. The Labute approximate surface area is 137 Å². The van der Waals surface area contributed by atoms with Crippen molar-refractivity contribution in [3.63, 3.8) is 0 Å². The van der Waals surface area contributed by atoms with Crippen LogP contribution in [0.2, 0.25) is 0 Å². The van der Waals surface area contributed by atoms with Gasteiger partial charge < -0.3 is 10.1 Å². The summed E-state index contributed by atoms with van der Waals surface area (Å²) in [5.74, 6) is -0.530. The van der Waals surface area contributed by atoms with E-state index in [1.54, 1.807) is 13.8 Å². The van der Waals surface area contributed by atoms with Gasteiger partial charge in [0.05, 0.1) is 5.56 Å². The fourth-order valence-corrected chi connectivity index (χ4v) is 1.54. The lowest BCUT2D eigenvalue weighted by molar-refractivity contribution is -0.142. The molecule has 0 amide bonds. The molecule has 3 nitrogen and oxygen atoms in total. The number of carbonyl (C=O) groups excluding carboxylic acids is 1. The first-order valence-corrected chi connectivity index (χ1v) is 7.80. The average molecular weight is 335 g/mol. The molecule has 0 radical (unpaired) electrons. The van der Waals surface area contributed by atoms with Crippen LogP contribution in [0.4, 0.5) is 18.9 Å². The van der Waals surface area contributed by atoms with Crippen LogP contribution >= 0.6 is 0 Å². The molecule has 0 bridgehead atoms. The Kier molecular flexibility index (Phi) is 12.1. The standard InChI is InChI=1S/C13H16F3NO2.2C2H6/c1-8(2)17-12-5-4-10(7-19-9(3)18)6-11(12)13(14,15)16;2*1-2/h4-6,8,17H,7H2,1-3H3;2*1-2H3. The van der Waals surface area contributed by atoms with Gasteiger partial charge in [-0.2, -0.15) is 13.2 Å². The molecule has 1 aromatic carbocycles. The van der Waals surface area contributed by atoms with E-state index < -0.39 is 17.7 Å². The fraction of sp³-hybridized carbons (Fsp3) is 0.588. The van der Waals surface area contributed by atoms with Crippen LogP contribution < -0.4 is 5.32 Å². The summed E-state index contributed by atoms with van der Waals surface area (Å²) in [5.41, 5.74) is -0.434. The molecular formula is C17H28F3NO2. The van der Waals surface area contributed by atoms with Crippen LogP contribution in [0.5, 0.6) is 0 Å². The molecule has 0 saturated carbocycles. The van der Waals surface area contributed by atoms with Gasteiger partial charge in [-0.1, -0.05) is 33.8 Å². The number of halogens is 3. The van der Waals surface area contributed by atoms with Crippen molar-refractivity contribution in [3.05, 3.63) is 29.3 Å². The highest BCUT2D eigenvalue weighted by Crippen LogP contribution is 2.35. The summed E-state index contributed by atoms with van der Waals surface area (Å²) in [4.78, 5) is 10.7. The Morgan fingerprint density at radius 3 is 2.09 bits per heavy atom. The molecule has 0 fully saturated rings. The van der Waals surface area contributed by atoms with Crippen molar-refractivity contribution in [2.24, 2.45) is 0 Å². The summed E-state index contributed by atoms with van der Waals surface area (Å²) in [6.07, 6.45) is -4.45. The molecule has 6 heteroatoms. The number of anilines is 1. The van der Waals surface area contributed by atoms with Crippen LogP contribution in [0.25, 0.3) is 0 Å². The number of alkyl halides is 3. The Hall–Kier alpha value is -1.72. The van der Waals surface area contributed by atoms with Crippen molar-refractivity contribution in [2.75, 3.05) is 5.32 Å². The second kappa shape index (κ2) is 11.8. The van der Waals surface area contributed by atoms with E-state index in [0.29, 0.717) is 5.56 Å². The zero-order valence-corrected chi connectivity index (χ0v) is 15.0. The minimum Gasteiger partial charge on any atom is -0.461 e. The van der Waals surface area contributed by atoms with E-state index >= 15 is 0 Å². The molecular weight excluding hydrogens is 307 g/mol. The van der Waals surface area contributed by atoms with Crippen molar-refractivity contribution >= 4 is 11.7 Å². The van der Waals surface area contributed by atoms with Crippen molar-refractivity contribution in [3.8, 4) is 0 Å². The molecule has 0 aliphatic carbocycles. The number of nitrogens with one attached hydrogen (secondary N) is 1. The van der Waals surface area contributed by atoms with Gasteiger partial charge in [-0.05, 0) is 31.5 Å². The molecule has 0 aliphatic rings. The SMILES string of the molecule is CC.CC.CC(=O)OCc1ccc(NC(C)C)c(C(F)(F)F)c1. The number of rotatable bonds is 4. The Bertz CT molecular complexity index is 458. The molecule has 0 aliphatic heterocycles. The van der Waals surface area contributed by atoms with Crippen LogP contribution in [-0.2, 0) is 22.3 Å². The van der Waals surface area contributed by atoms with E-state index in [1.165, 1.54) is 19.1 Å². The van der Waals surface area contributed by atoms with Gasteiger partial charge in [-0.15, -0.1) is 0 Å². The lowest BCUT2D eigenvalue weighted by Gasteiger charge is -2.18. The fourth-order valence-electron chi connectivity index (χ4n) is 1.54. The Morgan fingerprint density at radius 1 is 1.17 bits per heavy atom. The van der Waals surface area contributed by atoms with E-state index in [-0.39, 0.29) is 18.3 Å². The lowest BCUT2D eigenvalue weighted by atomic mass is 10.1. The highest BCUT2D eigenvalue weighted by atomic mass is 19.4. The molecule has 134 valence electrons. The number of ether oxygens (including phenoxy) is 1. The summed E-state index contributed by atoms with van der Waals surface area (Å²) >= 11 is 0. The van der Waals surface area contributed by atoms with Gasteiger partial charge in [0.15, 0.2) is 0 Å². The Balaban J connectivity index is 0. The third kappa shape index (κ3) is 9.81. The van der Waals surface area contributed by atoms with Crippen LogP contribution in [0, 0.1) is 0 Å². The largest absolute Gasteiger partial charge is 0.461 e. The monoisotopic (exact) mass is 335 g/mol. The van der Waals surface area contributed by atoms with Crippen LogP contribution in [0.15, 0.2) is 18.2 Å². The normalized spacial score (nSPS) is 10.0. The quantitative estimate of drug-likeness (QED) is 0.724. The smallest absolute Gasteiger partial charge is 0.418 e. The van der Waals surface area contributed by atoms with Crippen LogP contribution in [0.1, 0.15) is 59.6 Å². The maximum Gasteiger partial charge on any atom is 0.418 e. The maximum atomic E-state index is 12.9. The summed E-state index contributed by atoms with van der Waals surface area (Å²) < 4.78 is 43.5. The highest BCUT2D eigenvalue weighted by Gasteiger charge is 2.34. The molecule has 0 aromatic heterocycles. The minimum absolute atomic E-state index is 0.0223. The van der Waals surface area contributed by atoms with E-state index in [0.717, 1.165) is 6.07 Å². The van der Waals surface area contributed by atoms with Gasteiger partial charge in [-0.3, -0.25) is 4.79 Å². The lowest BCUT2D eigenvalue weighted by Crippen LogP contribution is -2.16. The molecule has 1 rings (SSSR count). The zero-order chi connectivity index (χ0) is 18.6. The van der Waals surface area contributed by atoms with E-state index in [1.807, 2.05) is 27.7 Å². The van der Waals surface area contributed by atoms with Crippen molar-refractivity contribution in [1.29, 1.82) is 0 Å². The number of esters is 1. The predicted molar refractivity (Wildman–Crippen MR) is 88.4 cm³/mol. The first kappa shape index (κ1) is 23.5. The van der Waals surface area contributed by atoms with Crippen molar-refractivity contribution < 1.29 is 22.7 Å². The number of hydrogen-bond acceptors (Lipinski definition) is 3. The van der Waals surface area contributed by atoms with Gasteiger partial charge in [0.1, 0.15) is 6.61 Å². The van der Waals surface area contributed by atoms with Crippen molar-refractivity contribution in [2.45, 2.75) is 67.3 Å². The highest BCUT2D eigenvalue weighted by molar-refractivity contribution is 5.66. The molecule has 0 unspecified atom stereocenters. The van der Waals surface area contributed by atoms with Gasteiger partial charge in [0.2, 0.25) is 0 Å². The molecule has 0 saturated heterocycles. The number of benzene rings is 1. The van der Waals surface area contributed by atoms with Crippen molar-refractivity contribution in [1.82, 2.24) is 0 Å². The third-order valence-electron chi connectivity index (χ3n) is 2.28. The van der Waals surface area contributed by atoms with Gasteiger partial charge in [-0.25, -0.2) is 0 Å². The average Bonchev–Trinajstić information content (AvgIpc) is 2.48.